The van der Waals surface area contributed by atoms with Gasteiger partial charge in [0.15, 0.2) is 0 Å². The quantitative estimate of drug-likeness (QED) is 0.478. The van der Waals surface area contributed by atoms with E-state index >= 15 is 0 Å². The molecule has 3 N–H and O–H groups in total. The van der Waals surface area contributed by atoms with Gasteiger partial charge in [0.2, 0.25) is 5.91 Å². The molecule has 0 radical (unpaired) electrons. The van der Waals surface area contributed by atoms with Gasteiger partial charge in [-0.1, -0.05) is 61.9 Å². The van der Waals surface area contributed by atoms with Crippen LogP contribution in [0.5, 0.6) is 0 Å². The highest BCUT2D eigenvalue weighted by atomic mass is 16.5. The van der Waals surface area contributed by atoms with Crippen molar-refractivity contribution in [3.05, 3.63) is 59.7 Å². The lowest BCUT2D eigenvalue weighted by Crippen LogP contribution is -2.41. The van der Waals surface area contributed by atoms with Gasteiger partial charge in [-0.25, -0.2) is 4.79 Å². The number of amides is 2. The van der Waals surface area contributed by atoms with Gasteiger partial charge in [-0.15, -0.1) is 0 Å². The van der Waals surface area contributed by atoms with E-state index in [1.807, 2.05) is 31.2 Å². The average Bonchev–Trinajstić information content (AvgIpc) is 3.45. The van der Waals surface area contributed by atoms with Crippen LogP contribution in [0, 0.1) is 5.92 Å². The number of aliphatic carboxylic acids is 1. The Balaban J connectivity index is 1.27. The van der Waals surface area contributed by atoms with Gasteiger partial charge in [-0.3, -0.25) is 9.59 Å². The highest BCUT2D eigenvalue weighted by molar-refractivity contribution is 5.79. The molecule has 1 aliphatic carbocycles. The Morgan fingerprint density at radius 2 is 1.74 bits per heavy atom. The summed E-state index contributed by atoms with van der Waals surface area (Å²) >= 11 is 0. The van der Waals surface area contributed by atoms with Crippen LogP contribution in [0.3, 0.4) is 0 Å². The molecule has 0 spiro atoms. The first kappa shape index (κ1) is 24.7. The van der Waals surface area contributed by atoms with E-state index in [4.69, 9.17) is 14.6 Å². The van der Waals surface area contributed by atoms with Crippen molar-refractivity contribution in [2.24, 2.45) is 5.92 Å². The molecular weight excluding hydrogens is 448 g/mol. The fourth-order valence-corrected chi connectivity index (χ4v) is 4.92. The lowest BCUT2D eigenvalue weighted by atomic mass is 9.98. The highest BCUT2D eigenvalue weighted by Crippen LogP contribution is 2.44. The Labute approximate surface area is 205 Å². The average molecular weight is 481 g/mol. The number of benzene rings is 2. The zero-order valence-corrected chi connectivity index (χ0v) is 19.9. The van der Waals surface area contributed by atoms with E-state index in [1.54, 1.807) is 0 Å². The zero-order chi connectivity index (χ0) is 24.8. The minimum Gasteiger partial charge on any atom is -0.481 e. The van der Waals surface area contributed by atoms with Gasteiger partial charge in [0.25, 0.3) is 0 Å². The molecule has 3 atom stereocenters. The van der Waals surface area contributed by atoms with Gasteiger partial charge in [-0.2, -0.15) is 0 Å². The summed E-state index contributed by atoms with van der Waals surface area (Å²) in [6, 6.07) is 16.0. The van der Waals surface area contributed by atoms with Crippen molar-refractivity contribution in [1.29, 1.82) is 0 Å². The Morgan fingerprint density at radius 1 is 1.09 bits per heavy atom. The summed E-state index contributed by atoms with van der Waals surface area (Å²) in [6.45, 7) is 2.63. The van der Waals surface area contributed by atoms with Crippen LogP contribution in [0.2, 0.25) is 0 Å². The van der Waals surface area contributed by atoms with Crippen molar-refractivity contribution < 1.29 is 29.0 Å². The van der Waals surface area contributed by atoms with E-state index in [2.05, 4.69) is 34.9 Å². The van der Waals surface area contributed by atoms with Crippen LogP contribution in [0.1, 0.15) is 49.7 Å². The Bertz CT molecular complexity index is 1030. The summed E-state index contributed by atoms with van der Waals surface area (Å²) in [5, 5.41) is 14.7. The molecule has 35 heavy (non-hydrogen) atoms. The van der Waals surface area contributed by atoms with Gasteiger partial charge < -0.3 is 25.2 Å². The van der Waals surface area contributed by atoms with Crippen LogP contribution in [-0.2, 0) is 19.1 Å². The van der Waals surface area contributed by atoms with Gasteiger partial charge >= 0.3 is 12.1 Å². The van der Waals surface area contributed by atoms with Crippen LogP contribution >= 0.6 is 0 Å². The number of carbonyl (C=O) groups is 3. The topological polar surface area (TPSA) is 114 Å². The Hall–Kier alpha value is -3.39. The minimum atomic E-state index is -0.880. The number of hydrogen-bond donors (Lipinski definition) is 3. The predicted molar refractivity (Wildman–Crippen MR) is 130 cm³/mol. The molecule has 2 aliphatic rings. The number of ether oxygens (including phenoxy) is 2. The fraction of sp³-hybridized carbons (Fsp3) is 0.444. The molecule has 0 bridgehead atoms. The molecule has 0 saturated carbocycles. The van der Waals surface area contributed by atoms with Gasteiger partial charge in [0.1, 0.15) is 6.61 Å². The summed E-state index contributed by atoms with van der Waals surface area (Å²) in [5.41, 5.74) is 4.62. The lowest BCUT2D eigenvalue weighted by Gasteiger charge is -2.20. The van der Waals surface area contributed by atoms with Gasteiger partial charge in [0.05, 0.1) is 18.6 Å². The highest BCUT2D eigenvalue weighted by Gasteiger charge is 2.31. The molecular formula is C27H32N2O6. The number of hydrogen-bond acceptors (Lipinski definition) is 5. The van der Waals surface area contributed by atoms with Crippen molar-refractivity contribution in [2.45, 2.75) is 50.7 Å². The third-order valence-corrected chi connectivity index (χ3v) is 6.69. The molecule has 2 amide bonds. The number of fused-ring (bicyclic) bond motifs is 3. The summed E-state index contributed by atoms with van der Waals surface area (Å²) in [7, 11) is 0. The number of rotatable bonds is 10. The smallest absolute Gasteiger partial charge is 0.407 e. The number of alkyl carbamates (subject to hydrolysis) is 1. The maximum Gasteiger partial charge on any atom is 0.407 e. The number of carbonyl (C=O) groups excluding carboxylic acids is 2. The fourth-order valence-electron chi connectivity index (χ4n) is 4.92. The Morgan fingerprint density at radius 3 is 2.34 bits per heavy atom. The first-order valence-corrected chi connectivity index (χ1v) is 12.2. The molecule has 0 unspecified atom stereocenters. The number of nitrogens with one attached hydrogen (secondary N) is 2. The van der Waals surface area contributed by atoms with Crippen LogP contribution in [-0.4, -0.2) is 55.0 Å². The van der Waals surface area contributed by atoms with E-state index in [9.17, 15) is 14.4 Å². The van der Waals surface area contributed by atoms with Gasteiger partial charge in [0, 0.05) is 24.9 Å². The van der Waals surface area contributed by atoms with Crippen LogP contribution in [0.15, 0.2) is 48.5 Å². The SMILES string of the molecule is CCC[C@@H](CC(=O)NC[C@H]1C[C@@H](C(=O)O)CO1)NC(=O)OCC1c2ccccc2-c2ccccc21. The molecule has 8 nitrogen and oxygen atoms in total. The summed E-state index contributed by atoms with van der Waals surface area (Å²) < 4.78 is 11.1. The third-order valence-electron chi connectivity index (χ3n) is 6.69. The molecule has 2 aromatic carbocycles. The number of carboxylic acids is 1. The van der Waals surface area contributed by atoms with Crippen molar-refractivity contribution in [2.75, 3.05) is 19.8 Å². The van der Waals surface area contributed by atoms with E-state index in [1.165, 1.54) is 11.1 Å². The minimum absolute atomic E-state index is 0.0258. The van der Waals surface area contributed by atoms with E-state index in [0.717, 1.165) is 17.5 Å². The number of carboxylic acid groups (broad SMARTS) is 1. The van der Waals surface area contributed by atoms with Crippen LogP contribution in [0.25, 0.3) is 11.1 Å². The monoisotopic (exact) mass is 480 g/mol. The second-order valence-electron chi connectivity index (χ2n) is 9.19. The van der Waals surface area contributed by atoms with Crippen LogP contribution < -0.4 is 10.6 Å². The maximum absolute atomic E-state index is 12.6. The molecule has 1 saturated heterocycles. The standard InChI is InChI=1S/C27H32N2O6/c1-2-7-18(13-25(30)28-14-19-12-17(15-34-19)26(31)32)29-27(33)35-16-24-22-10-5-3-8-20(22)21-9-4-6-11-23(21)24/h3-6,8-11,17-19,24H,2,7,12-16H2,1H3,(H,28,30)(H,29,33)(H,31,32)/t17-,18+,19-/m1/s1. The first-order valence-electron chi connectivity index (χ1n) is 12.2. The largest absolute Gasteiger partial charge is 0.481 e. The van der Waals surface area contributed by atoms with Crippen molar-refractivity contribution >= 4 is 18.0 Å². The summed E-state index contributed by atoms with van der Waals surface area (Å²) in [6.07, 6.45) is 1.09. The molecule has 8 heteroatoms. The molecule has 0 aromatic heterocycles. The van der Waals surface area contributed by atoms with Crippen LogP contribution in [0.4, 0.5) is 4.79 Å². The molecule has 2 aromatic rings. The molecule has 4 rings (SSSR count). The molecule has 1 fully saturated rings. The van der Waals surface area contributed by atoms with Crippen molar-refractivity contribution in [1.82, 2.24) is 10.6 Å². The summed E-state index contributed by atoms with van der Waals surface area (Å²) in [4.78, 5) is 36.1. The lowest BCUT2D eigenvalue weighted by molar-refractivity contribution is -0.141. The van der Waals surface area contributed by atoms with E-state index in [-0.39, 0.29) is 50.2 Å². The van der Waals surface area contributed by atoms with Crippen molar-refractivity contribution in [3.63, 3.8) is 0 Å². The molecule has 1 aliphatic heterocycles. The van der Waals surface area contributed by atoms with Gasteiger partial charge in [-0.05, 0) is 35.1 Å². The first-order chi connectivity index (χ1) is 17.0. The zero-order valence-electron chi connectivity index (χ0n) is 19.9. The second kappa shape index (κ2) is 11.4. The normalized spacial score (nSPS) is 19.5. The maximum atomic E-state index is 12.6. The Kier molecular flexibility index (Phi) is 8.02. The van der Waals surface area contributed by atoms with E-state index in [0.29, 0.717) is 12.8 Å². The van der Waals surface area contributed by atoms with Crippen molar-refractivity contribution in [3.8, 4) is 11.1 Å². The predicted octanol–water partition coefficient (Wildman–Crippen LogP) is 3.69. The van der Waals surface area contributed by atoms with E-state index < -0.39 is 18.0 Å². The molecule has 186 valence electrons. The third kappa shape index (κ3) is 6.00. The second-order valence-corrected chi connectivity index (χ2v) is 9.19. The molecule has 1 heterocycles. The summed E-state index contributed by atoms with van der Waals surface area (Å²) in [5.74, 6) is -1.65.